The van der Waals surface area contributed by atoms with Gasteiger partial charge in [-0.15, -0.1) is 11.3 Å². The molecule has 0 saturated heterocycles. The first-order chi connectivity index (χ1) is 12.2. The van der Waals surface area contributed by atoms with Crippen molar-refractivity contribution in [1.29, 1.82) is 0 Å². The van der Waals surface area contributed by atoms with Gasteiger partial charge in [0.1, 0.15) is 5.69 Å². The van der Waals surface area contributed by atoms with E-state index in [9.17, 15) is 4.79 Å². The molecule has 124 valence electrons. The van der Waals surface area contributed by atoms with Crippen LogP contribution in [0.4, 0.5) is 0 Å². The summed E-state index contributed by atoms with van der Waals surface area (Å²) in [6.07, 6.45) is 3.36. The second-order valence-corrected chi connectivity index (χ2v) is 6.86. The molecular weight excluding hydrogens is 334 g/mol. The Bertz CT molecular complexity index is 1020. The van der Waals surface area contributed by atoms with Crippen LogP contribution in [0.3, 0.4) is 0 Å². The monoisotopic (exact) mass is 349 g/mol. The number of nitrogens with zero attached hydrogens (tertiary/aromatic N) is 2. The highest BCUT2D eigenvalue weighted by molar-refractivity contribution is 7.18. The Labute approximate surface area is 148 Å². The van der Waals surface area contributed by atoms with E-state index < -0.39 is 0 Å². The van der Waals surface area contributed by atoms with Crippen LogP contribution in [0.5, 0.6) is 0 Å². The maximum absolute atomic E-state index is 12.4. The number of hydrogen-bond acceptors (Lipinski definition) is 5. The van der Waals surface area contributed by atoms with Crippen molar-refractivity contribution in [2.75, 3.05) is 0 Å². The molecule has 4 aromatic rings. The van der Waals surface area contributed by atoms with Crippen molar-refractivity contribution in [3.05, 3.63) is 71.1 Å². The predicted octanol–water partition coefficient (Wildman–Crippen LogP) is 4.19. The minimum atomic E-state index is -0.108. The highest BCUT2D eigenvalue weighted by Crippen LogP contribution is 2.22. The van der Waals surface area contributed by atoms with Crippen LogP contribution in [0, 0.1) is 6.92 Å². The lowest BCUT2D eigenvalue weighted by atomic mass is 10.2. The number of pyridine rings is 1. The first kappa shape index (κ1) is 15.5. The quantitative estimate of drug-likeness (QED) is 0.600. The fourth-order valence-electron chi connectivity index (χ4n) is 2.56. The van der Waals surface area contributed by atoms with Gasteiger partial charge in [-0.3, -0.25) is 9.78 Å². The summed E-state index contributed by atoms with van der Waals surface area (Å²) in [5.41, 5.74) is 3.26. The van der Waals surface area contributed by atoms with Crippen molar-refractivity contribution in [2.24, 2.45) is 0 Å². The van der Waals surface area contributed by atoms with E-state index in [0.29, 0.717) is 12.1 Å². The van der Waals surface area contributed by atoms with Crippen LogP contribution >= 0.6 is 11.3 Å². The first-order valence-corrected chi connectivity index (χ1v) is 8.65. The van der Waals surface area contributed by atoms with Crippen LogP contribution in [-0.2, 0) is 6.54 Å². The van der Waals surface area contributed by atoms with E-state index in [0.717, 1.165) is 32.2 Å². The molecule has 6 heteroatoms. The van der Waals surface area contributed by atoms with Crippen molar-refractivity contribution >= 4 is 27.5 Å². The normalized spacial score (nSPS) is 10.9. The van der Waals surface area contributed by atoms with Crippen LogP contribution in [-0.4, -0.2) is 15.9 Å². The number of furan rings is 1. The van der Waals surface area contributed by atoms with Crippen molar-refractivity contribution in [2.45, 2.75) is 13.5 Å². The molecule has 1 amide bonds. The molecule has 0 radical (unpaired) electrons. The Morgan fingerprint density at radius 1 is 1.24 bits per heavy atom. The molecule has 1 aromatic carbocycles. The van der Waals surface area contributed by atoms with E-state index in [-0.39, 0.29) is 5.91 Å². The number of carbonyl (C=O) groups excluding carboxylic acids is 1. The number of aromatic nitrogens is 2. The zero-order valence-electron chi connectivity index (χ0n) is 13.5. The number of aryl methyl sites for hydroxylation is 1. The Hall–Kier alpha value is -2.99. The van der Waals surface area contributed by atoms with Gasteiger partial charge in [0.25, 0.3) is 5.91 Å². The van der Waals surface area contributed by atoms with E-state index >= 15 is 0 Å². The number of thiazole rings is 1. The van der Waals surface area contributed by atoms with Crippen molar-refractivity contribution in [3.63, 3.8) is 0 Å². The molecular formula is C19H15N3O2S. The van der Waals surface area contributed by atoms with Gasteiger partial charge in [0.15, 0.2) is 5.76 Å². The summed E-state index contributed by atoms with van der Waals surface area (Å²) in [5, 5.41) is 3.92. The van der Waals surface area contributed by atoms with Crippen molar-refractivity contribution < 1.29 is 9.21 Å². The van der Waals surface area contributed by atoms with E-state index in [4.69, 9.17) is 4.42 Å². The zero-order valence-corrected chi connectivity index (χ0v) is 14.3. The van der Waals surface area contributed by atoms with Crippen LogP contribution in [0.25, 0.3) is 21.7 Å². The summed E-state index contributed by atoms with van der Waals surface area (Å²) in [6, 6.07) is 13.1. The third-order valence-corrected chi connectivity index (χ3v) is 4.74. The third kappa shape index (κ3) is 3.29. The SMILES string of the molecule is Cc1nc2ccc(C(=O)NCc3ccc(-c4ccco4)nc3)cc2s1. The molecule has 1 N–H and O–H groups in total. The Morgan fingerprint density at radius 2 is 2.16 bits per heavy atom. The second kappa shape index (κ2) is 6.49. The maximum atomic E-state index is 12.4. The van der Waals surface area contributed by atoms with Gasteiger partial charge < -0.3 is 9.73 Å². The van der Waals surface area contributed by atoms with Crippen molar-refractivity contribution in [1.82, 2.24) is 15.3 Å². The summed E-state index contributed by atoms with van der Waals surface area (Å²) in [7, 11) is 0. The van der Waals surface area contributed by atoms with Gasteiger partial charge in [0.2, 0.25) is 0 Å². The van der Waals surface area contributed by atoms with Gasteiger partial charge >= 0.3 is 0 Å². The first-order valence-electron chi connectivity index (χ1n) is 7.83. The van der Waals surface area contributed by atoms with Crippen LogP contribution < -0.4 is 5.32 Å². The van der Waals surface area contributed by atoms with Crippen molar-refractivity contribution in [3.8, 4) is 11.5 Å². The highest BCUT2D eigenvalue weighted by Gasteiger charge is 2.09. The fourth-order valence-corrected chi connectivity index (χ4v) is 3.43. The van der Waals surface area contributed by atoms with E-state index in [2.05, 4.69) is 15.3 Å². The largest absolute Gasteiger partial charge is 0.463 e. The number of carbonyl (C=O) groups is 1. The van der Waals surface area contributed by atoms with E-state index in [1.54, 1.807) is 29.9 Å². The highest BCUT2D eigenvalue weighted by atomic mass is 32.1. The predicted molar refractivity (Wildman–Crippen MR) is 97.5 cm³/mol. The number of hydrogen-bond donors (Lipinski definition) is 1. The smallest absolute Gasteiger partial charge is 0.251 e. The molecule has 3 aromatic heterocycles. The fraction of sp³-hybridized carbons (Fsp3) is 0.105. The van der Waals surface area contributed by atoms with Gasteiger partial charge in [0.05, 0.1) is 21.5 Å². The number of nitrogens with one attached hydrogen (secondary N) is 1. The Kier molecular flexibility index (Phi) is 4.03. The summed E-state index contributed by atoms with van der Waals surface area (Å²) >= 11 is 1.59. The molecule has 0 aliphatic heterocycles. The molecule has 0 atom stereocenters. The summed E-state index contributed by atoms with van der Waals surface area (Å²) in [6.45, 7) is 2.38. The molecule has 3 heterocycles. The lowest BCUT2D eigenvalue weighted by molar-refractivity contribution is 0.0951. The standard InChI is InChI=1S/C19H15N3O2S/c1-12-22-16-7-5-14(9-18(16)25-12)19(23)21-11-13-4-6-15(20-10-13)17-3-2-8-24-17/h2-10H,11H2,1H3,(H,21,23). The van der Waals surface area contributed by atoms with Gasteiger partial charge in [-0.25, -0.2) is 4.98 Å². The molecule has 0 aliphatic carbocycles. The Balaban J connectivity index is 1.43. The second-order valence-electron chi connectivity index (χ2n) is 5.63. The average molecular weight is 349 g/mol. The molecule has 0 unspecified atom stereocenters. The number of amides is 1. The maximum Gasteiger partial charge on any atom is 0.251 e. The van der Waals surface area contributed by atoms with Crippen LogP contribution in [0.1, 0.15) is 20.9 Å². The number of rotatable bonds is 4. The zero-order chi connectivity index (χ0) is 17.2. The number of fused-ring (bicyclic) bond motifs is 1. The summed E-state index contributed by atoms with van der Waals surface area (Å²) < 4.78 is 6.34. The van der Waals surface area contributed by atoms with Gasteiger partial charge in [-0.2, -0.15) is 0 Å². The van der Waals surface area contributed by atoms with Crippen LogP contribution in [0.15, 0.2) is 59.3 Å². The number of benzene rings is 1. The third-order valence-electron chi connectivity index (χ3n) is 3.81. The molecule has 0 bridgehead atoms. The van der Waals surface area contributed by atoms with E-state index in [1.807, 2.05) is 43.3 Å². The molecule has 25 heavy (non-hydrogen) atoms. The summed E-state index contributed by atoms with van der Waals surface area (Å²) in [5.74, 6) is 0.617. The summed E-state index contributed by atoms with van der Waals surface area (Å²) in [4.78, 5) is 21.1. The van der Waals surface area contributed by atoms with E-state index in [1.165, 1.54) is 0 Å². The molecule has 0 spiro atoms. The minimum absolute atomic E-state index is 0.108. The molecule has 5 nitrogen and oxygen atoms in total. The lowest BCUT2D eigenvalue weighted by Crippen LogP contribution is -2.22. The topological polar surface area (TPSA) is 68.0 Å². The van der Waals surface area contributed by atoms with Gasteiger partial charge in [-0.05, 0) is 48.9 Å². The minimum Gasteiger partial charge on any atom is -0.463 e. The van der Waals surface area contributed by atoms with Crippen LogP contribution in [0.2, 0.25) is 0 Å². The molecule has 0 aliphatic rings. The molecule has 0 saturated carbocycles. The van der Waals surface area contributed by atoms with Gasteiger partial charge in [0, 0.05) is 18.3 Å². The lowest BCUT2D eigenvalue weighted by Gasteiger charge is -2.06. The molecule has 0 fully saturated rings. The molecule has 4 rings (SSSR count). The average Bonchev–Trinajstić information content (AvgIpc) is 3.28. The Morgan fingerprint density at radius 3 is 2.92 bits per heavy atom. The van der Waals surface area contributed by atoms with Gasteiger partial charge in [-0.1, -0.05) is 6.07 Å².